The van der Waals surface area contributed by atoms with E-state index >= 15 is 0 Å². The Hall–Kier alpha value is -1.20. The van der Waals surface area contributed by atoms with E-state index in [-0.39, 0.29) is 12.1 Å². The van der Waals surface area contributed by atoms with E-state index in [1.54, 1.807) is 12.1 Å². The summed E-state index contributed by atoms with van der Waals surface area (Å²) in [4.78, 5) is 4.66. The molecule has 5 heteroatoms. The second kappa shape index (κ2) is 5.23. The second-order valence-corrected chi connectivity index (χ2v) is 3.40. The Balaban J connectivity index is 3.15. The van der Waals surface area contributed by atoms with Crippen molar-refractivity contribution in [3.8, 4) is 5.75 Å². The number of benzene rings is 1. The van der Waals surface area contributed by atoms with Gasteiger partial charge in [-0.05, 0) is 6.07 Å². The molecule has 0 fully saturated rings. The smallest absolute Gasteiger partial charge is 0.270 e. The van der Waals surface area contributed by atoms with Crippen LogP contribution in [0.1, 0.15) is 18.1 Å². The van der Waals surface area contributed by atoms with Gasteiger partial charge in [0.25, 0.3) is 5.92 Å². The minimum absolute atomic E-state index is 0.0589. The zero-order valence-corrected chi connectivity index (χ0v) is 9.51. The molecule has 90 valence electrons. The molecule has 3 nitrogen and oxygen atoms in total. The van der Waals surface area contributed by atoms with E-state index in [4.69, 9.17) is 4.74 Å². The molecule has 1 aromatic carbocycles. The van der Waals surface area contributed by atoms with E-state index in [1.807, 2.05) is 0 Å². The Morgan fingerprint density at radius 3 is 2.50 bits per heavy atom. The van der Waals surface area contributed by atoms with Crippen molar-refractivity contribution in [2.45, 2.75) is 19.4 Å². The summed E-state index contributed by atoms with van der Waals surface area (Å²) >= 11 is 0. The monoisotopic (exact) mass is 231 g/mol. The number of rotatable bonds is 5. The van der Waals surface area contributed by atoms with Gasteiger partial charge in [0.1, 0.15) is 5.75 Å². The number of methoxy groups -OCH3 is 1. The predicted octanol–water partition coefficient (Wildman–Crippen LogP) is 2.46. The van der Waals surface area contributed by atoms with Gasteiger partial charge in [-0.1, -0.05) is 12.1 Å². The molecule has 1 N–H and O–H groups in total. The van der Waals surface area contributed by atoms with E-state index in [2.05, 4.69) is 10.3 Å². The number of hydrogen-bond acceptors (Lipinski definition) is 3. The van der Waals surface area contributed by atoms with E-state index in [1.165, 1.54) is 20.3 Å². The van der Waals surface area contributed by atoms with Crippen molar-refractivity contribution >= 4 is 0 Å². The second-order valence-electron chi connectivity index (χ2n) is 3.40. The molecule has 1 rings (SSSR count). The third-order valence-electron chi connectivity index (χ3n) is 2.22. The number of nitrogens with one attached hydrogen (secondary N) is 1. The topological polar surface area (TPSA) is 30.5 Å². The molecule has 0 aliphatic rings. The standard InChI is InChI=1S/C11H15F2NO2/c1-11(12,13)9-5-4-6-10(15-2)8(9)7-14-16-3/h4-6,14H,7H2,1-3H3. The van der Waals surface area contributed by atoms with Crippen molar-refractivity contribution in [3.63, 3.8) is 0 Å². The van der Waals surface area contributed by atoms with Gasteiger partial charge in [-0.15, -0.1) is 0 Å². The number of alkyl halides is 2. The number of hydroxylamine groups is 1. The van der Waals surface area contributed by atoms with Crippen LogP contribution in [0, 0.1) is 0 Å². The summed E-state index contributed by atoms with van der Waals surface area (Å²) in [6, 6.07) is 4.57. The van der Waals surface area contributed by atoms with Crippen molar-refractivity contribution in [2.24, 2.45) is 0 Å². The highest BCUT2D eigenvalue weighted by Gasteiger charge is 2.28. The molecule has 0 bridgehead atoms. The minimum atomic E-state index is -2.90. The fraction of sp³-hybridized carbons (Fsp3) is 0.455. The Bertz CT molecular complexity index is 350. The fourth-order valence-electron chi connectivity index (χ4n) is 1.49. The number of ether oxygens (including phenoxy) is 1. The lowest BCUT2D eigenvalue weighted by Crippen LogP contribution is -2.18. The first kappa shape index (κ1) is 12.9. The van der Waals surface area contributed by atoms with Gasteiger partial charge in [-0.2, -0.15) is 5.48 Å². The summed E-state index contributed by atoms with van der Waals surface area (Å²) in [5, 5.41) is 0. The van der Waals surface area contributed by atoms with Gasteiger partial charge in [0.2, 0.25) is 0 Å². The molecule has 0 saturated heterocycles. The highest BCUT2D eigenvalue weighted by Crippen LogP contribution is 2.34. The third-order valence-corrected chi connectivity index (χ3v) is 2.22. The average molecular weight is 231 g/mol. The van der Waals surface area contributed by atoms with Crippen molar-refractivity contribution in [1.82, 2.24) is 5.48 Å². The number of hydrogen-bond donors (Lipinski definition) is 1. The van der Waals surface area contributed by atoms with Gasteiger partial charge < -0.3 is 9.57 Å². The van der Waals surface area contributed by atoms with Crippen molar-refractivity contribution in [3.05, 3.63) is 29.3 Å². The maximum atomic E-state index is 13.3. The summed E-state index contributed by atoms with van der Waals surface area (Å²) in [5.74, 6) is -2.48. The lowest BCUT2D eigenvalue weighted by molar-refractivity contribution is 0.0148. The van der Waals surface area contributed by atoms with Crippen molar-refractivity contribution < 1.29 is 18.4 Å². The van der Waals surface area contributed by atoms with Gasteiger partial charge in [0.15, 0.2) is 0 Å². The molecule has 16 heavy (non-hydrogen) atoms. The summed E-state index contributed by atoms with van der Waals surface area (Å²) < 4.78 is 31.7. The molecule has 0 aromatic heterocycles. The Kier molecular flexibility index (Phi) is 4.20. The quantitative estimate of drug-likeness (QED) is 0.789. The molecule has 0 aliphatic heterocycles. The van der Waals surface area contributed by atoms with Crippen LogP contribution in [-0.2, 0) is 17.3 Å². The minimum Gasteiger partial charge on any atom is -0.496 e. The molecule has 0 aliphatic carbocycles. The average Bonchev–Trinajstić information content (AvgIpc) is 2.24. The van der Waals surface area contributed by atoms with Crippen molar-refractivity contribution in [1.29, 1.82) is 0 Å². The van der Waals surface area contributed by atoms with Gasteiger partial charge >= 0.3 is 0 Å². The molecular formula is C11H15F2NO2. The normalized spacial score (nSPS) is 11.6. The van der Waals surface area contributed by atoms with Crippen LogP contribution in [0.4, 0.5) is 8.78 Å². The summed E-state index contributed by atoms with van der Waals surface area (Å²) in [5.41, 5.74) is 2.88. The molecule has 0 amide bonds. The third kappa shape index (κ3) is 2.90. The predicted molar refractivity (Wildman–Crippen MR) is 56.4 cm³/mol. The molecule has 0 unspecified atom stereocenters. The van der Waals surface area contributed by atoms with Gasteiger partial charge in [0, 0.05) is 18.1 Å². The van der Waals surface area contributed by atoms with Crippen molar-refractivity contribution in [2.75, 3.05) is 14.2 Å². The summed E-state index contributed by atoms with van der Waals surface area (Å²) in [7, 11) is 2.88. The summed E-state index contributed by atoms with van der Waals surface area (Å²) in [6.45, 7) is 1.03. The number of halogens is 2. The molecular weight excluding hydrogens is 216 g/mol. The van der Waals surface area contributed by atoms with Crippen LogP contribution in [0.15, 0.2) is 18.2 Å². The zero-order valence-electron chi connectivity index (χ0n) is 9.51. The van der Waals surface area contributed by atoms with E-state index < -0.39 is 5.92 Å². The zero-order chi connectivity index (χ0) is 12.2. The fourth-order valence-corrected chi connectivity index (χ4v) is 1.49. The van der Waals surface area contributed by atoms with Gasteiger partial charge in [0.05, 0.1) is 20.8 Å². The van der Waals surface area contributed by atoms with Crippen LogP contribution in [0.3, 0.4) is 0 Å². The molecule has 0 saturated carbocycles. The first-order valence-corrected chi connectivity index (χ1v) is 4.80. The van der Waals surface area contributed by atoms with Gasteiger partial charge in [-0.25, -0.2) is 8.78 Å². The van der Waals surface area contributed by atoms with Crippen LogP contribution in [0.5, 0.6) is 5.75 Å². The molecule has 0 heterocycles. The van der Waals surface area contributed by atoms with Crippen LogP contribution < -0.4 is 10.2 Å². The van der Waals surface area contributed by atoms with E-state index in [0.717, 1.165) is 6.92 Å². The van der Waals surface area contributed by atoms with E-state index in [0.29, 0.717) is 11.3 Å². The molecule has 0 radical (unpaired) electrons. The van der Waals surface area contributed by atoms with Crippen LogP contribution in [-0.4, -0.2) is 14.2 Å². The molecule has 0 spiro atoms. The molecule has 0 atom stereocenters. The maximum absolute atomic E-state index is 13.3. The van der Waals surface area contributed by atoms with Crippen LogP contribution in [0.25, 0.3) is 0 Å². The van der Waals surface area contributed by atoms with Crippen LogP contribution >= 0.6 is 0 Å². The highest BCUT2D eigenvalue weighted by molar-refractivity contribution is 5.42. The Labute approximate surface area is 93.3 Å². The maximum Gasteiger partial charge on any atom is 0.270 e. The van der Waals surface area contributed by atoms with Gasteiger partial charge in [-0.3, -0.25) is 0 Å². The molecule has 1 aromatic rings. The lowest BCUT2D eigenvalue weighted by Gasteiger charge is -2.18. The highest BCUT2D eigenvalue weighted by atomic mass is 19.3. The first-order chi connectivity index (χ1) is 7.50. The summed E-state index contributed by atoms with van der Waals surface area (Å²) in [6.07, 6.45) is 0. The lowest BCUT2D eigenvalue weighted by atomic mass is 10.0. The Morgan fingerprint density at radius 1 is 1.31 bits per heavy atom. The first-order valence-electron chi connectivity index (χ1n) is 4.80. The van der Waals surface area contributed by atoms with Crippen LogP contribution in [0.2, 0.25) is 0 Å². The largest absolute Gasteiger partial charge is 0.496 e. The van der Waals surface area contributed by atoms with E-state index in [9.17, 15) is 8.78 Å². The Morgan fingerprint density at radius 2 is 2.00 bits per heavy atom. The SMILES string of the molecule is CONCc1c(OC)cccc1C(C)(F)F.